The Balaban J connectivity index is 1.79. The van der Waals surface area contributed by atoms with Crippen LogP contribution in [0.1, 0.15) is 11.1 Å². The number of aromatic nitrogens is 2. The van der Waals surface area contributed by atoms with Crippen LogP contribution >= 0.6 is 0 Å². The number of hydrogen-bond acceptors (Lipinski definition) is 4. The first-order chi connectivity index (χ1) is 11.5. The predicted molar refractivity (Wildman–Crippen MR) is 90.7 cm³/mol. The Kier molecular flexibility index (Phi) is 4.29. The molecule has 0 aliphatic rings. The van der Waals surface area contributed by atoms with Crippen molar-refractivity contribution in [1.82, 2.24) is 9.78 Å². The van der Waals surface area contributed by atoms with E-state index in [-0.39, 0.29) is 18.0 Å². The van der Waals surface area contributed by atoms with Gasteiger partial charge >= 0.3 is 0 Å². The fraction of sp³-hybridized carbons (Fsp3) is 0.167. The first kappa shape index (κ1) is 15.7. The van der Waals surface area contributed by atoms with Gasteiger partial charge < -0.3 is 9.73 Å². The molecular weight excluding hydrogens is 306 g/mol. The Bertz CT molecular complexity index is 927. The topological polar surface area (TPSA) is 77.1 Å². The van der Waals surface area contributed by atoms with Gasteiger partial charge in [-0.3, -0.25) is 9.59 Å². The van der Waals surface area contributed by atoms with Crippen LogP contribution in [0, 0.1) is 13.8 Å². The molecule has 1 amide bonds. The van der Waals surface area contributed by atoms with Gasteiger partial charge in [0, 0.05) is 11.8 Å². The number of benzene rings is 1. The van der Waals surface area contributed by atoms with E-state index in [1.807, 2.05) is 32.0 Å². The summed E-state index contributed by atoms with van der Waals surface area (Å²) >= 11 is 0. The van der Waals surface area contributed by atoms with E-state index < -0.39 is 0 Å². The van der Waals surface area contributed by atoms with Gasteiger partial charge in [-0.2, -0.15) is 5.10 Å². The maximum atomic E-state index is 12.2. The monoisotopic (exact) mass is 323 g/mol. The maximum Gasteiger partial charge on any atom is 0.267 e. The summed E-state index contributed by atoms with van der Waals surface area (Å²) in [5, 5.41) is 6.99. The number of aryl methyl sites for hydroxylation is 2. The molecule has 0 fully saturated rings. The zero-order chi connectivity index (χ0) is 17.1. The summed E-state index contributed by atoms with van der Waals surface area (Å²) in [5.74, 6) is 0.228. The summed E-state index contributed by atoms with van der Waals surface area (Å²) in [6.07, 6.45) is 1.53. The molecule has 6 heteroatoms. The summed E-state index contributed by atoms with van der Waals surface area (Å²) in [6.45, 7) is 3.74. The van der Waals surface area contributed by atoms with Crippen LogP contribution in [0.15, 0.2) is 57.9 Å². The molecule has 3 rings (SSSR count). The maximum absolute atomic E-state index is 12.2. The van der Waals surface area contributed by atoms with Crippen molar-refractivity contribution in [2.75, 3.05) is 5.32 Å². The summed E-state index contributed by atoms with van der Waals surface area (Å²) in [6, 6.07) is 12.2. The molecule has 0 unspecified atom stereocenters. The predicted octanol–water partition coefficient (Wildman–Crippen LogP) is 2.76. The molecule has 0 radical (unpaired) electrons. The lowest BCUT2D eigenvalue weighted by Crippen LogP contribution is -2.29. The second kappa shape index (κ2) is 6.54. The van der Waals surface area contributed by atoms with Crippen LogP contribution in [0.3, 0.4) is 0 Å². The Morgan fingerprint density at radius 2 is 2.04 bits per heavy atom. The minimum atomic E-state index is -0.346. The van der Waals surface area contributed by atoms with Gasteiger partial charge in [0.1, 0.15) is 12.2 Å². The van der Waals surface area contributed by atoms with E-state index in [9.17, 15) is 9.59 Å². The Morgan fingerprint density at radius 1 is 1.21 bits per heavy atom. The van der Waals surface area contributed by atoms with E-state index in [0.29, 0.717) is 11.5 Å². The number of amides is 1. The van der Waals surface area contributed by atoms with Gasteiger partial charge in [-0.1, -0.05) is 17.7 Å². The SMILES string of the molecule is Cc1ccc(NC(=O)Cn2nc(-c3ccco3)ccc2=O)c(C)c1. The molecular formula is C18H17N3O3. The van der Waals surface area contributed by atoms with Gasteiger partial charge in [0.25, 0.3) is 5.56 Å². The molecule has 24 heavy (non-hydrogen) atoms. The number of carbonyl (C=O) groups excluding carboxylic acids is 1. The van der Waals surface area contributed by atoms with Crippen LogP contribution in [0.5, 0.6) is 0 Å². The molecule has 0 atom stereocenters. The van der Waals surface area contributed by atoms with Crippen molar-refractivity contribution in [3.63, 3.8) is 0 Å². The second-order valence-corrected chi connectivity index (χ2v) is 5.56. The number of rotatable bonds is 4. The molecule has 0 bridgehead atoms. The number of hydrogen-bond donors (Lipinski definition) is 1. The fourth-order valence-electron chi connectivity index (χ4n) is 2.40. The second-order valence-electron chi connectivity index (χ2n) is 5.56. The summed E-state index contributed by atoms with van der Waals surface area (Å²) < 4.78 is 6.39. The number of anilines is 1. The molecule has 122 valence electrons. The van der Waals surface area contributed by atoms with E-state index in [4.69, 9.17) is 4.42 Å². The molecule has 0 aliphatic carbocycles. The van der Waals surface area contributed by atoms with Crippen LogP contribution in [0.2, 0.25) is 0 Å². The molecule has 1 N–H and O–H groups in total. The molecule has 0 saturated heterocycles. The lowest BCUT2D eigenvalue weighted by Gasteiger charge is -2.10. The number of nitrogens with one attached hydrogen (secondary N) is 1. The summed E-state index contributed by atoms with van der Waals surface area (Å²) in [4.78, 5) is 24.2. The Morgan fingerprint density at radius 3 is 2.75 bits per heavy atom. The van der Waals surface area contributed by atoms with Crippen LogP contribution < -0.4 is 10.9 Å². The van der Waals surface area contributed by atoms with E-state index >= 15 is 0 Å². The van der Waals surface area contributed by atoms with Gasteiger partial charge in [0.2, 0.25) is 5.91 Å². The molecule has 1 aromatic carbocycles. The summed E-state index contributed by atoms with van der Waals surface area (Å²) in [5.41, 5.74) is 2.96. The minimum Gasteiger partial charge on any atom is -0.463 e. The quantitative estimate of drug-likeness (QED) is 0.801. The van der Waals surface area contributed by atoms with Gasteiger partial charge in [0.15, 0.2) is 5.76 Å². The molecule has 0 aliphatic heterocycles. The zero-order valence-corrected chi connectivity index (χ0v) is 13.4. The zero-order valence-electron chi connectivity index (χ0n) is 13.4. The standard InChI is InChI=1S/C18H17N3O3/c1-12-5-6-14(13(2)10-12)19-17(22)11-21-18(23)8-7-15(20-21)16-4-3-9-24-16/h3-10H,11H2,1-2H3,(H,19,22). The third-order valence-electron chi connectivity index (χ3n) is 3.59. The van der Waals surface area contributed by atoms with Crippen LogP contribution in [0.4, 0.5) is 5.69 Å². The van der Waals surface area contributed by atoms with E-state index in [0.717, 1.165) is 21.5 Å². The van der Waals surface area contributed by atoms with E-state index in [1.54, 1.807) is 18.2 Å². The van der Waals surface area contributed by atoms with E-state index in [1.165, 1.54) is 12.3 Å². The van der Waals surface area contributed by atoms with Gasteiger partial charge in [0.05, 0.1) is 6.26 Å². The molecule has 3 aromatic rings. The van der Waals surface area contributed by atoms with Crippen LogP contribution in [-0.4, -0.2) is 15.7 Å². The van der Waals surface area contributed by atoms with Crippen LogP contribution in [-0.2, 0) is 11.3 Å². The lowest BCUT2D eigenvalue weighted by atomic mass is 10.1. The molecule has 0 spiro atoms. The van der Waals surface area contributed by atoms with Crippen molar-refractivity contribution >= 4 is 11.6 Å². The summed E-state index contributed by atoms with van der Waals surface area (Å²) in [7, 11) is 0. The highest BCUT2D eigenvalue weighted by Crippen LogP contribution is 2.17. The minimum absolute atomic E-state index is 0.166. The van der Waals surface area contributed by atoms with Gasteiger partial charge in [-0.25, -0.2) is 4.68 Å². The lowest BCUT2D eigenvalue weighted by molar-refractivity contribution is -0.117. The van der Waals surface area contributed by atoms with Crippen LogP contribution in [0.25, 0.3) is 11.5 Å². The molecule has 2 heterocycles. The van der Waals surface area contributed by atoms with Gasteiger partial charge in [-0.05, 0) is 43.7 Å². The highest BCUT2D eigenvalue weighted by Gasteiger charge is 2.10. The van der Waals surface area contributed by atoms with E-state index in [2.05, 4.69) is 10.4 Å². The smallest absolute Gasteiger partial charge is 0.267 e. The first-order valence-corrected chi connectivity index (χ1v) is 7.52. The van der Waals surface area contributed by atoms with Crippen molar-refractivity contribution in [2.24, 2.45) is 0 Å². The normalized spacial score (nSPS) is 10.6. The van der Waals surface area contributed by atoms with Gasteiger partial charge in [-0.15, -0.1) is 0 Å². The van der Waals surface area contributed by atoms with Crippen molar-refractivity contribution in [3.05, 3.63) is 70.2 Å². The number of nitrogens with zero attached hydrogens (tertiary/aromatic N) is 2. The van der Waals surface area contributed by atoms with Crippen molar-refractivity contribution < 1.29 is 9.21 Å². The first-order valence-electron chi connectivity index (χ1n) is 7.52. The number of carbonyl (C=O) groups is 1. The highest BCUT2D eigenvalue weighted by atomic mass is 16.3. The average Bonchev–Trinajstić information content (AvgIpc) is 3.07. The highest BCUT2D eigenvalue weighted by molar-refractivity contribution is 5.91. The Hall–Kier alpha value is -3.15. The number of furan rings is 1. The fourth-order valence-corrected chi connectivity index (χ4v) is 2.40. The third kappa shape index (κ3) is 3.43. The Labute approximate surface area is 138 Å². The third-order valence-corrected chi connectivity index (χ3v) is 3.59. The average molecular weight is 323 g/mol. The molecule has 6 nitrogen and oxygen atoms in total. The van der Waals surface area contributed by atoms with Crippen molar-refractivity contribution in [1.29, 1.82) is 0 Å². The molecule has 2 aromatic heterocycles. The largest absolute Gasteiger partial charge is 0.463 e. The van der Waals surface area contributed by atoms with Crippen molar-refractivity contribution in [3.8, 4) is 11.5 Å². The van der Waals surface area contributed by atoms with Crippen molar-refractivity contribution in [2.45, 2.75) is 20.4 Å². The molecule has 0 saturated carbocycles.